The molecule has 41 heavy (non-hydrogen) atoms. The van der Waals surface area contributed by atoms with Crippen LogP contribution in [0.2, 0.25) is 0 Å². The average molecular weight is 560 g/mol. The van der Waals surface area contributed by atoms with Crippen molar-refractivity contribution in [2.75, 3.05) is 12.4 Å². The summed E-state index contributed by atoms with van der Waals surface area (Å²) in [6, 6.07) is 23.3. The number of alkyl halides is 3. The Hall–Kier alpha value is -5.45. The van der Waals surface area contributed by atoms with E-state index in [0.29, 0.717) is 22.3 Å². The van der Waals surface area contributed by atoms with Crippen molar-refractivity contribution in [2.24, 2.45) is 0 Å². The highest BCUT2D eigenvalue weighted by Crippen LogP contribution is 2.35. The predicted octanol–water partition coefficient (Wildman–Crippen LogP) is 7.88. The molecule has 0 atom stereocenters. The van der Waals surface area contributed by atoms with Gasteiger partial charge in [-0.15, -0.1) is 0 Å². The Morgan fingerprint density at radius 3 is 2.34 bits per heavy atom. The number of nitro groups is 1. The number of aromatic nitrogens is 1. The third-order valence-electron chi connectivity index (χ3n) is 6.10. The third-order valence-corrected chi connectivity index (χ3v) is 6.10. The van der Waals surface area contributed by atoms with Crippen LogP contribution in [0.4, 0.5) is 24.5 Å². The highest BCUT2D eigenvalue weighted by molar-refractivity contribution is 6.13. The fraction of sp³-hybridized carbons (Fsp3) is 0.0667. The summed E-state index contributed by atoms with van der Waals surface area (Å²) in [7, 11) is 1.55. The number of fused-ring (bicyclic) bond motifs is 1. The number of carbonyl (C=O) groups is 1. The zero-order chi connectivity index (χ0) is 29.1. The lowest BCUT2D eigenvalue weighted by atomic mass is 10.0. The molecule has 5 aromatic rings. The second-order valence-electron chi connectivity index (χ2n) is 8.86. The van der Waals surface area contributed by atoms with Crippen LogP contribution in [0.1, 0.15) is 15.9 Å². The van der Waals surface area contributed by atoms with Crippen LogP contribution in [0.15, 0.2) is 97.1 Å². The second kappa shape index (κ2) is 11.0. The minimum Gasteiger partial charge on any atom is -0.497 e. The van der Waals surface area contributed by atoms with Gasteiger partial charge in [-0.1, -0.05) is 24.3 Å². The minimum absolute atomic E-state index is 0.0121. The number of methoxy groups -OCH3 is 1. The van der Waals surface area contributed by atoms with Gasteiger partial charge in [0.15, 0.2) is 0 Å². The van der Waals surface area contributed by atoms with Gasteiger partial charge in [-0.2, -0.15) is 13.2 Å². The highest BCUT2D eigenvalue weighted by Gasteiger charge is 2.30. The maximum atomic E-state index is 13.5. The van der Waals surface area contributed by atoms with E-state index < -0.39 is 28.3 Å². The van der Waals surface area contributed by atoms with Crippen molar-refractivity contribution in [1.29, 1.82) is 0 Å². The number of non-ortho nitro benzene ring substituents is 1. The first kappa shape index (κ1) is 27.1. The van der Waals surface area contributed by atoms with Crippen LogP contribution in [0.3, 0.4) is 0 Å². The van der Waals surface area contributed by atoms with Crippen LogP contribution >= 0.6 is 0 Å². The molecular weight excluding hydrogens is 539 g/mol. The minimum atomic E-state index is -4.60. The van der Waals surface area contributed by atoms with E-state index in [1.807, 2.05) is 0 Å². The number of amides is 1. The summed E-state index contributed by atoms with van der Waals surface area (Å²) in [6.07, 6.45) is -4.60. The Balaban J connectivity index is 1.50. The van der Waals surface area contributed by atoms with E-state index >= 15 is 0 Å². The lowest BCUT2D eigenvalue weighted by Gasteiger charge is -2.13. The number of nitrogens with one attached hydrogen (secondary N) is 1. The summed E-state index contributed by atoms with van der Waals surface area (Å²) >= 11 is 0. The van der Waals surface area contributed by atoms with Crippen LogP contribution in [-0.2, 0) is 6.18 Å². The largest absolute Gasteiger partial charge is 0.497 e. The molecule has 0 unspecified atom stereocenters. The Bertz CT molecular complexity index is 1770. The Morgan fingerprint density at radius 2 is 1.63 bits per heavy atom. The molecular formula is C30H20F3N3O5. The summed E-state index contributed by atoms with van der Waals surface area (Å²) in [5.41, 5.74) is 0.709. The number of hydrogen-bond acceptors (Lipinski definition) is 6. The molecule has 0 saturated heterocycles. The SMILES string of the molecule is COc1ccc(-c2cc(C(=O)Nc3cc(Oc4cccc(C(F)(F)F)c4)cc([N+](=O)[O-])c3)c3ccccc3n2)cc1. The maximum Gasteiger partial charge on any atom is 0.416 e. The number of nitro benzene ring substituents is 1. The van der Waals surface area contributed by atoms with Crippen molar-refractivity contribution in [3.05, 3.63) is 118 Å². The highest BCUT2D eigenvalue weighted by atomic mass is 19.4. The fourth-order valence-electron chi connectivity index (χ4n) is 4.16. The lowest BCUT2D eigenvalue weighted by Crippen LogP contribution is -2.13. The number of pyridine rings is 1. The maximum absolute atomic E-state index is 13.5. The predicted molar refractivity (Wildman–Crippen MR) is 146 cm³/mol. The number of carbonyl (C=O) groups excluding carboxylic acids is 1. The number of nitrogens with zero attached hydrogens (tertiary/aromatic N) is 2. The van der Waals surface area contributed by atoms with Crippen molar-refractivity contribution in [3.8, 4) is 28.5 Å². The van der Waals surface area contributed by atoms with E-state index in [4.69, 9.17) is 9.47 Å². The number of ether oxygens (including phenoxy) is 2. The molecule has 0 bridgehead atoms. The van der Waals surface area contributed by atoms with E-state index in [1.165, 1.54) is 12.1 Å². The van der Waals surface area contributed by atoms with Gasteiger partial charge in [-0.05, 0) is 54.6 Å². The molecule has 1 heterocycles. The van der Waals surface area contributed by atoms with Gasteiger partial charge in [0.2, 0.25) is 0 Å². The van der Waals surface area contributed by atoms with Crippen molar-refractivity contribution in [2.45, 2.75) is 6.18 Å². The number of anilines is 1. The molecule has 1 aromatic heterocycles. The van der Waals surface area contributed by atoms with Crippen LogP contribution in [-0.4, -0.2) is 22.9 Å². The molecule has 0 spiro atoms. The van der Waals surface area contributed by atoms with Gasteiger partial charge in [0.05, 0.1) is 46.1 Å². The molecule has 0 aliphatic rings. The molecule has 1 amide bonds. The average Bonchev–Trinajstić information content (AvgIpc) is 2.96. The van der Waals surface area contributed by atoms with Gasteiger partial charge in [-0.25, -0.2) is 4.98 Å². The first-order valence-corrected chi connectivity index (χ1v) is 12.1. The first-order valence-electron chi connectivity index (χ1n) is 12.1. The van der Waals surface area contributed by atoms with Gasteiger partial charge in [0.25, 0.3) is 11.6 Å². The van der Waals surface area contributed by atoms with Gasteiger partial charge in [0.1, 0.15) is 17.2 Å². The van der Waals surface area contributed by atoms with Crippen molar-refractivity contribution >= 4 is 28.2 Å². The Labute approximate surface area is 231 Å². The van der Waals surface area contributed by atoms with Gasteiger partial charge in [0, 0.05) is 23.1 Å². The van der Waals surface area contributed by atoms with Gasteiger partial charge >= 0.3 is 6.18 Å². The van der Waals surface area contributed by atoms with Gasteiger partial charge < -0.3 is 14.8 Å². The smallest absolute Gasteiger partial charge is 0.416 e. The standard InChI is InChI=1S/C30H20F3N3O5/c1-40-22-11-9-18(10-12-22)28-17-26(25-7-2-3-8-27(25)35-28)29(37)34-20-14-21(36(38)39)16-24(15-20)41-23-6-4-5-19(13-23)30(31,32)33/h2-17H,1H3,(H,34,37). The summed E-state index contributed by atoms with van der Waals surface area (Å²) < 4.78 is 50.1. The van der Waals surface area contributed by atoms with E-state index in [-0.39, 0.29) is 22.7 Å². The molecule has 0 radical (unpaired) electrons. The fourth-order valence-corrected chi connectivity index (χ4v) is 4.16. The molecule has 5 rings (SSSR count). The summed E-state index contributed by atoms with van der Waals surface area (Å²) in [5.74, 6) is -0.237. The van der Waals surface area contributed by atoms with E-state index in [2.05, 4.69) is 10.3 Å². The van der Waals surface area contributed by atoms with Crippen molar-refractivity contribution < 1.29 is 32.4 Å². The zero-order valence-corrected chi connectivity index (χ0v) is 21.3. The van der Waals surface area contributed by atoms with Crippen LogP contribution in [0, 0.1) is 10.1 Å². The molecule has 4 aromatic carbocycles. The van der Waals surface area contributed by atoms with Crippen LogP contribution in [0.25, 0.3) is 22.2 Å². The molecule has 0 fully saturated rings. The molecule has 0 saturated carbocycles. The van der Waals surface area contributed by atoms with E-state index in [0.717, 1.165) is 35.9 Å². The topological polar surface area (TPSA) is 104 Å². The lowest BCUT2D eigenvalue weighted by molar-refractivity contribution is -0.384. The summed E-state index contributed by atoms with van der Waals surface area (Å²) in [6.45, 7) is 0. The molecule has 11 heteroatoms. The van der Waals surface area contributed by atoms with E-state index in [9.17, 15) is 28.1 Å². The van der Waals surface area contributed by atoms with Crippen molar-refractivity contribution in [3.63, 3.8) is 0 Å². The number of rotatable bonds is 7. The number of para-hydroxylation sites is 1. The number of halogens is 3. The van der Waals surface area contributed by atoms with Crippen molar-refractivity contribution in [1.82, 2.24) is 4.98 Å². The van der Waals surface area contributed by atoms with Gasteiger partial charge in [-0.3, -0.25) is 14.9 Å². The molecule has 1 N–H and O–H groups in total. The summed E-state index contributed by atoms with van der Waals surface area (Å²) in [5, 5.41) is 14.8. The normalized spacial score (nSPS) is 11.2. The Morgan fingerprint density at radius 1 is 0.878 bits per heavy atom. The van der Waals surface area contributed by atoms with Crippen LogP contribution < -0.4 is 14.8 Å². The second-order valence-corrected chi connectivity index (χ2v) is 8.86. The molecule has 8 nitrogen and oxygen atoms in total. The van der Waals surface area contributed by atoms with E-state index in [1.54, 1.807) is 61.7 Å². The number of benzene rings is 4. The monoisotopic (exact) mass is 559 g/mol. The first-order chi connectivity index (χ1) is 19.6. The molecule has 0 aliphatic carbocycles. The summed E-state index contributed by atoms with van der Waals surface area (Å²) in [4.78, 5) is 29.1. The Kier molecular flexibility index (Phi) is 7.26. The quantitative estimate of drug-likeness (QED) is 0.161. The molecule has 206 valence electrons. The number of hydrogen-bond donors (Lipinski definition) is 1. The zero-order valence-electron chi connectivity index (χ0n) is 21.3. The van der Waals surface area contributed by atoms with Crippen LogP contribution in [0.5, 0.6) is 17.2 Å². The third kappa shape index (κ3) is 6.09. The molecule has 0 aliphatic heterocycles.